The second-order valence-corrected chi connectivity index (χ2v) is 8.32. The second-order valence-electron chi connectivity index (χ2n) is 7.13. The minimum atomic E-state index is -4.37. The van der Waals surface area contributed by atoms with Crippen molar-refractivity contribution in [2.75, 3.05) is 12.3 Å². The maximum absolute atomic E-state index is 13.7. The summed E-state index contributed by atoms with van der Waals surface area (Å²) in [6.07, 6.45) is -4.37. The molecule has 0 saturated carbocycles. The highest BCUT2D eigenvalue weighted by Crippen LogP contribution is 2.41. The topological polar surface area (TPSA) is 20.3 Å². The minimum Gasteiger partial charge on any atom is -0.325 e. The van der Waals surface area contributed by atoms with Gasteiger partial charge in [-0.3, -0.25) is 4.79 Å². The SMILES string of the molecule is O=C(C(c1ccccc1)c1ccccc1)N1CCSC1c1ccc(C(F)(F)F)cc1. The number of hydrogen-bond acceptors (Lipinski definition) is 2. The Balaban J connectivity index is 1.66. The van der Waals surface area contributed by atoms with Gasteiger partial charge in [0, 0.05) is 12.3 Å². The number of benzene rings is 3. The van der Waals surface area contributed by atoms with Crippen LogP contribution in [-0.2, 0) is 11.0 Å². The Labute approximate surface area is 177 Å². The first-order valence-corrected chi connectivity index (χ1v) is 10.7. The molecular weight excluding hydrogens is 407 g/mol. The van der Waals surface area contributed by atoms with E-state index in [0.717, 1.165) is 29.0 Å². The number of halogens is 3. The van der Waals surface area contributed by atoms with Crippen molar-refractivity contribution >= 4 is 17.7 Å². The summed E-state index contributed by atoms with van der Waals surface area (Å²) in [6, 6.07) is 24.3. The van der Waals surface area contributed by atoms with Crippen LogP contribution < -0.4 is 0 Å². The van der Waals surface area contributed by atoms with E-state index in [1.807, 2.05) is 60.7 Å². The first-order valence-electron chi connectivity index (χ1n) is 9.64. The van der Waals surface area contributed by atoms with E-state index in [1.54, 1.807) is 16.7 Å². The third-order valence-electron chi connectivity index (χ3n) is 5.21. The van der Waals surface area contributed by atoms with Gasteiger partial charge in [-0.1, -0.05) is 72.8 Å². The molecule has 0 aliphatic carbocycles. The maximum Gasteiger partial charge on any atom is 0.416 e. The van der Waals surface area contributed by atoms with Gasteiger partial charge in [0.15, 0.2) is 0 Å². The van der Waals surface area contributed by atoms with E-state index >= 15 is 0 Å². The van der Waals surface area contributed by atoms with Crippen LogP contribution in [0, 0.1) is 0 Å². The van der Waals surface area contributed by atoms with Crippen LogP contribution in [0.2, 0.25) is 0 Å². The molecule has 154 valence electrons. The van der Waals surface area contributed by atoms with E-state index in [4.69, 9.17) is 0 Å². The first kappa shape index (κ1) is 20.5. The largest absolute Gasteiger partial charge is 0.416 e. The Morgan fingerprint density at radius 2 is 1.40 bits per heavy atom. The molecule has 1 aliphatic rings. The first-order chi connectivity index (χ1) is 14.4. The molecule has 1 aliphatic heterocycles. The molecule has 0 bridgehead atoms. The monoisotopic (exact) mass is 427 g/mol. The van der Waals surface area contributed by atoms with Crippen molar-refractivity contribution in [3.05, 3.63) is 107 Å². The van der Waals surface area contributed by atoms with Gasteiger partial charge >= 0.3 is 6.18 Å². The fraction of sp³-hybridized carbons (Fsp3) is 0.208. The predicted octanol–water partition coefficient (Wildman–Crippen LogP) is 6.11. The maximum atomic E-state index is 13.7. The van der Waals surface area contributed by atoms with Gasteiger partial charge in [0.2, 0.25) is 5.91 Å². The van der Waals surface area contributed by atoms with E-state index in [1.165, 1.54) is 12.1 Å². The van der Waals surface area contributed by atoms with Crippen molar-refractivity contribution in [3.63, 3.8) is 0 Å². The Morgan fingerprint density at radius 1 is 0.867 bits per heavy atom. The summed E-state index contributed by atoms with van der Waals surface area (Å²) in [7, 11) is 0. The predicted molar refractivity (Wildman–Crippen MR) is 113 cm³/mol. The molecule has 0 spiro atoms. The Bertz CT molecular complexity index is 951. The Kier molecular flexibility index (Phi) is 5.86. The molecule has 2 nitrogen and oxygen atoms in total. The smallest absolute Gasteiger partial charge is 0.325 e. The van der Waals surface area contributed by atoms with Gasteiger partial charge in [0.25, 0.3) is 0 Å². The normalized spacial score (nSPS) is 16.8. The summed E-state index contributed by atoms with van der Waals surface area (Å²) in [6.45, 7) is 0.561. The highest BCUT2D eigenvalue weighted by atomic mass is 32.2. The highest BCUT2D eigenvalue weighted by molar-refractivity contribution is 7.99. The van der Waals surface area contributed by atoms with Crippen LogP contribution in [-0.4, -0.2) is 23.1 Å². The van der Waals surface area contributed by atoms with Crippen molar-refractivity contribution in [3.8, 4) is 0 Å². The number of amides is 1. The number of carbonyl (C=O) groups excluding carboxylic acids is 1. The minimum absolute atomic E-state index is 0.0395. The zero-order valence-corrected chi connectivity index (χ0v) is 16.9. The van der Waals surface area contributed by atoms with Crippen molar-refractivity contribution in [2.24, 2.45) is 0 Å². The van der Waals surface area contributed by atoms with Gasteiger partial charge < -0.3 is 4.90 Å². The van der Waals surface area contributed by atoms with E-state index < -0.39 is 17.7 Å². The van der Waals surface area contributed by atoms with Crippen LogP contribution in [0.1, 0.15) is 33.5 Å². The Hall–Kier alpha value is -2.73. The van der Waals surface area contributed by atoms with Crippen molar-refractivity contribution < 1.29 is 18.0 Å². The molecule has 0 aromatic heterocycles. The molecular formula is C24H20F3NOS. The highest BCUT2D eigenvalue weighted by Gasteiger charge is 2.36. The molecule has 0 radical (unpaired) electrons. The van der Waals surface area contributed by atoms with E-state index in [9.17, 15) is 18.0 Å². The zero-order chi connectivity index (χ0) is 21.1. The molecule has 3 aromatic carbocycles. The lowest BCUT2D eigenvalue weighted by Gasteiger charge is -2.29. The molecule has 4 rings (SSSR count). The Morgan fingerprint density at radius 3 is 1.90 bits per heavy atom. The second kappa shape index (κ2) is 8.56. The molecule has 1 atom stereocenters. The van der Waals surface area contributed by atoms with Crippen LogP contribution in [0.25, 0.3) is 0 Å². The molecule has 1 unspecified atom stereocenters. The van der Waals surface area contributed by atoms with Crippen molar-refractivity contribution in [1.29, 1.82) is 0 Å². The van der Waals surface area contributed by atoms with Gasteiger partial charge in [-0.05, 0) is 28.8 Å². The fourth-order valence-corrected chi connectivity index (χ4v) is 5.01. The van der Waals surface area contributed by atoms with Gasteiger partial charge in [0.1, 0.15) is 5.37 Å². The average Bonchev–Trinajstić information content (AvgIpc) is 3.25. The lowest BCUT2D eigenvalue weighted by Crippen LogP contribution is -2.35. The molecule has 1 heterocycles. The number of rotatable bonds is 4. The van der Waals surface area contributed by atoms with Gasteiger partial charge in [0.05, 0.1) is 11.5 Å². The standard InChI is InChI=1S/C24H20F3NOS/c25-24(26,27)20-13-11-19(12-14-20)23-28(15-16-30-23)22(29)21(17-7-3-1-4-8-17)18-9-5-2-6-10-18/h1-14,21,23H,15-16H2. The third kappa shape index (κ3) is 4.24. The molecule has 30 heavy (non-hydrogen) atoms. The van der Waals surface area contributed by atoms with Crippen LogP contribution in [0.3, 0.4) is 0 Å². The summed E-state index contributed by atoms with van der Waals surface area (Å²) in [5, 5.41) is -0.297. The fourth-order valence-electron chi connectivity index (χ4n) is 3.74. The summed E-state index contributed by atoms with van der Waals surface area (Å²) in [5.41, 5.74) is 1.82. The van der Waals surface area contributed by atoms with Crippen LogP contribution in [0.5, 0.6) is 0 Å². The van der Waals surface area contributed by atoms with E-state index in [-0.39, 0.29) is 11.3 Å². The summed E-state index contributed by atoms with van der Waals surface area (Å²) in [5.74, 6) is 0.249. The van der Waals surface area contributed by atoms with Crippen LogP contribution in [0.4, 0.5) is 13.2 Å². The van der Waals surface area contributed by atoms with Crippen LogP contribution >= 0.6 is 11.8 Å². The van der Waals surface area contributed by atoms with E-state index in [0.29, 0.717) is 12.1 Å². The average molecular weight is 427 g/mol. The zero-order valence-electron chi connectivity index (χ0n) is 16.0. The van der Waals surface area contributed by atoms with Crippen LogP contribution in [0.15, 0.2) is 84.9 Å². The number of nitrogens with zero attached hydrogens (tertiary/aromatic N) is 1. The summed E-state index contributed by atoms with van der Waals surface area (Å²) >= 11 is 1.58. The molecule has 1 amide bonds. The molecule has 1 saturated heterocycles. The molecule has 3 aromatic rings. The van der Waals surface area contributed by atoms with Gasteiger partial charge in [-0.15, -0.1) is 11.8 Å². The number of carbonyl (C=O) groups is 1. The number of hydrogen-bond donors (Lipinski definition) is 0. The lowest BCUT2D eigenvalue weighted by molar-refractivity contribution is -0.137. The lowest BCUT2D eigenvalue weighted by atomic mass is 9.90. The quantitative estimate of drug-likeness (QED) is 0.501. The molecule has 1 fully saturated rings. The van der Waals surface area contributed by atoms with Crippen molar-refractivity contribution in [1.82, 2.24) is 4.90 Å². The third-order valence-corrected chi connectivity index (χ3v) is 6.47. The number of alkyl halides is 3. The van der Waals surface area contributed by atoms with Gasteiger partial charge in [-0.2, -0.15) is 13.2 Å². The van der Waals surface area contributed by atoms with Gasteiger partial charge in [-0.25, -0.2) is 0 Å². The van der Waals surface area contributed by atoms with Crippen molar-refractivity contribution in [2.45, 2.75) is 17.5 Å². The summed E-state index contributed by atoms with van der Waals surface area (Å²) < 4.78 is 38.7. The number of thioether (sulfide) groups is 1. The van der Waals surface area contributed by atoms with E-state index in [2.05, 4.69) is 0 Å². The summed E-state index contributed by atoms with van der Waals surface area (Å²) in [4.78, 5) is 15.5. The molecule has 0 N–H and O–H groups in total. The molecule has 6 heteroatoms.